The van der Waals surface area contributed by atoms with Gasteiger partial charge in [-0.1, -0.05) is 115 Å². The molecule has 0 fully saturated rings. The summed E-state index contributed by atoms with van der Waals surface area (Å²) in [5.74, 6) is -0.118. The van der Waals surface area contributed by atoms with Gasteiger partial charge in [-0.15, -0.1) is 0 Å². The Bertz CT molecular complexity index is 1720. The van der Waals surface area contributed by atoms with Gasteiger partial charge in [0.05, 0.1) is 4.90 Å². The van der Waals surface area contributed by atoms with Crippen LogP contribution in [0.4, 0.5) is 0 Å². The smallest absolute Gasteiger partial charge is 0.251 e. The minimum Gasteiger partial charge on any atom is -0.348 e. The van der Waals surface area contributed by atoms with Crippen molar-refractivity contribution in [1.82, 2.24) is 10.0 Å². The number of aryl methyl sites for hydroxylation is 2. The maximum atomic E-state index is 13.5. The van der Waals surface area contributed by atoms with E-state index in [2.05, 4.69) is 22.2 Å². The number of sulfonamides is 1. The van der Waals surface area contributed by atoms with Crippen LogP contribution in [0.1, 0.15) is 45.1 Å². The van der Waals surface area contributed by atoms with E-state index in [1.165, 1.54) is 0 Å². The summed E-state index contributed by atoms with van der Waals surface area (Å²) < 4.78 is 30.0. The molecular formula is C36H34N2O3S. The lowest BCUT2D eigenvalue weighted by Crippen LogP contribution is -2.29. The molecule has 0 aliphatic rings. The SMILES string of the molecule is Cc1ccc(S(=O)(=O)NC(CCc2ccccc2)c2ccccc2-c2ccc(CNC(=O)c3ccccc3)cc2)cc1. The molecule has 0 aromatic heterocycles. The van der Waals surface area contributed by atoms with E-state index in [1.807, 2.05) is 104 Å². The molecule has 0 saturated carbocycles. The van der Waals surface area contributed by atoms with E-state index in [4.69, 9.17) is 0 Å². The van der Waals surface area contributed by atoms with Gasteiger partial charge >= 0.3 is 0 Å². The normalized spacial score (nSPS) is 12.0. The van der Waals surface area contributed by atoms with E-state index in [0.717, 1.165) is 39.8 Å². The Morgan fingerprint density at radius 1 is 0.690 bits per heavy atom. The van der Waals surface area contributed by atoms with Crippen LogP contribution in [0.25, 0.3) is 11.1 Å². The molecule has 2 N–H and O–H groups in total. The minimum atomic E-state index is -3.76. The van der Waals surface area contributed by atoms with Crippen molar-refractivity contribution in [3.8, 4) is 11.1 Å². The molecule has 0 heterocycles. The number of nitrogens with one attached hydrogen (secondary N) is 2. The number of rotatable bonds is 11. The van der Waals surface area contributed by atoms with Crippen LogP contribution < -0.4 is 10.0 Å². The van der Waals surface area contributed by atoms with Crippen molar-refractivity contribution < 1.29 is 13.2 Å². The van der Waals surface area contributed by atoms with Gasteiger partial charge < -0.3 is 5.32 Å². The van der Waals surface area contributed by atoms with Gasteiger partial charge in [0.2, 0.25) is 10.0 Å². The molecule has 1 amide bonds. The highest BCUT2D eigenvalue weighted by atomic mass is 32.2. The Hall–Kier alpha value is -4.52. The molecule has 212 valence electrons. The first-order valence-electron chi connectivity index (χ1n) is 14.0. The summed E-state index contributed by atoms with van der Waals surface area (Å²) in [5.41, 5.74) is 6.59. The summed E-state index contributed by atoms with van der Waals surface area (Å²) in [5, 5.41) is 2.97. The van der Waals surface area contributed by atoms with Crippen LogP contribution in [0.5, 0.6) is 0 Å². The molecule has 42 heavy (non-hydrogen) atoms. The fourth-order valence-corrected chi connectivity index (χ4v) is 6.20. The summed E-state index contributed by atoms with van der Waals surface area (Å²) in [6.45, 7) is 2.34. The van der Waals surface area contributed by atoms with Crippen LogP contribution in [-0.2, 0) is 23.0 Å². The molecule has 5 aromatic carbocycles. The van der Waals surface area contributed by atoms with Crippen molar-refractivity contribution >= 4 is 15.9 Å². The fourth-order valence-electron chi connectivity index (χ4n) is 4.95. The minimum absolute atomic E-state index is 0.118. The zero-order valence-corrected chi connectivity index (χ0v) is 24.3. The second-order valence-electron chi connectivity index (χ2n) is 10.3. The van der Waals surface area contributed by atoms with Gasteiger partial charge in [-0.3, -0.25) is 4.79 Å². The molecule has 0 aliphatic carbocycles. The summed E-state index contributed by atoms with van der Waals surface area (Å²) >= 11 is 0. The van der Waals surface area contributed by atoms with E-state index in [-0.39, 0.29) is 10.8 Å². The van der Waals surface area contributed by atoms with Gasteiger partial charge in [-0.2, -0.15) is 0 Å². The molecule has 1 unspecified atom stereocenters. The Morgan fingerprint density at radius 2 is 1.31 bits per heavy atom. The Balaban J connectivity index is 1.39. The average molecular weight is 575 g/mol. The average Bonchev–Trinajstić information content (AvgIpc) is 3.03. The fraction of sp³-hybridized carbons (Fsp3) is 0.139. The summed E-state index contributed by atoms with van der Waals surface area (Å²) in [7, 11) is -3.76. The predicted molar refractivity (Wildman–Crippen MR) is 168 cm³/mol. The maximum Gasteiger partial charge on any atom is 0.251 e. The third-order valence-corrected chi connectivity index (χ3v) is 8.77. The van der Waals surface area contributed by atoms with Gasteiger partial charge in [-0.05, 0) is 71.8 Å². The van der Waals surface area contributed by atoms with Crippen LogP contribution >= 0.6 is 0 Å². The third-order valence-electron chi connectivity index (χ3n) is 7.28. The van der Waals surface area contributed by atoms with E-state index in [1.54, 1.807) is 24.3 Å². The van der Waals surface area contributed by atoms with Gasteiger partial charge in [-0.25, -0.2) is 13.1 Å². The predicted octanol–water partition coefficient (Wildman–Crippen LogP) is 7.24. The van der Waals surface area contributed by atoms with Gasteiger partial charge in [0.1, 0.15) is 0 Å². The Kier molecular flexibility index (Phi) is 9.27. The van der Waals surface area contributed by atoms with Crippen molar-refractivity contribution in [2.45, 2.75) is 37.2 Å². The third kappa shape index (κ3) is 7.40. The molecule has 5 nitrogen and oxygen atoms in total. The number of carbonyl (C=O) groups excluding carboxylic acids is 1. The lowest BCUT2D eigenvalue weighted by atomic mass is 9.92. The molecule has 1 atom stereocenters. The van der Waals surface area contributed by atoms with Crippen molar-refractivity contribution in [1.29, 1.82) is 0 Å². The molecule has 0 radical (unpaired) electrons. The summed E-state index contributed by atoms with van der Waals surface area (Å²) in [6, 6.07) is 41.7. The molecule has 5 rings (SSSR count). The van der Waals surface area contributed by atoms with E-state index in [0.29, 0.717) is 18.5 Å². The van der Waals surface area contributed by atoms with E-state index >= 15 is 0 Å². The van der Waals surface area contributed by atoms with E-state index in [9.17, 15) is 13.2 Å². The van der Waals surface area contributed by atoms with Crippen molar-refractivity contribution in [2.24, 2.45) is 0 Å². The van der Waals surface area contributed by atoms with Crippen LogP contribution in [0.3, 0.4) is 0 Å². The zero-order valence-electron chi connectivity index (χ0n) is 23.5. The van der Waals surface area contributed by atoms with Crippen molar-refractivity contribution in [3.63, 3.8) is 0 Å². The number of hydrogen-bond acceptors (Lipinski definition) is 3. The molecule has 5 aromatic rings. The van der Waals surface area contributed by atoms with Gasteiger partial charge in [0.25, 0.3) is 5.91 Å². The molecular weight excluding hydrogens is 540 g/mol. The van der Waals surface area contributed by atoms with Gasteiger partial charge in [0.15, 0.2) is 0 Å². The van der Waals surface area contributed by atoms with Gasteiger partial charge in [0, 0.05) is 18.2 Å². The summed E-state index contributed by atoms with van der Waals surface area (Å²) in [4.78, 5) is 12.7. The monoisotopic (exact) mass is 574 g/mol. The standard InChI is InChI=1S/C36H34N2O3S/c1-27-16-23-32(24-17-27)42(40,41)38-35(25-20-28-10-4-2-5-11-28)34-15-9-8-14-33(34)30-21-18-29(19-22-30)26-37-36(39)31-12-6-3-7-13-31/h2-19,21-24,35,38H,20,25-26H2,1H3,(H,37,39). The summed E-state index contributed by atoms with van der Waals surface area (Å²) in [6.07, 6.45) is 1.31. The largest absolute Gasteiger partial charge is 0.348 e. The zero-order chi connectivity index (χ0) is 29.4. The lowest BCUT2D eigenvalue weighted by Gasteiger charge is -2.23. The number of hydrogen-bond donors (Lipinski definition) is 2. The molecule has 0 aliphatic heterocycles. The highest BCUT2D eigenvalue weighted by Gasteiger charge is 2.24. The van der Waals surface area contributed by atoms with Crippen LogP contribution in [0.2, 0.25) is 0 Å². The Morgan fingerprint density at radius 3 is 2.00 bits per heavy atom. The maximum absolute atomic E-state index is 13.5. The first-order valence-corrected chi connectivity index (χ1v) is 15.5. The lowest BCUT2D eigenvalue weighted by molar-refractivity contribution is 0.0951. The first-order chi connectivity index (χ1) is 20.4. The van der Waals surface area contributed by atoms with E-state index < -0.39 is 16.1 Å². The molecule has 0 bridgehead atoms. The number of amides is 1. The quantitative estimate of drug-likeness (QED) is 0.175. The first kappa shape index (κ1) is 29.0. The highest BCUT2D eigenvalue weighted by molar-refractivity contribution is 7.89. The molecule has 0 spiro atoms. The van der Waals surface area contributed by atoms with Crippen LogP contribution in [-0.4, -0.2) is 14.3 Å². The van der Waals surface area contributed by atoms with Crippen molar-refractivity contribution in [3.05, 3.63) is 161 Å². The second kappa shape index (κ2) is 13.4. The number of benzene rings is 5. The van der Waals surface area contributed by atoms with Crippen molar-refractivity contribution in [2.75, 3.05) is 0 Å². The second-order valence-corrected chi connectivity index (χ2v) is 12.1. The molecule has 0 saturated heterocycles. The number of carbonyl (C=O) groups is 1. The van der Waals surface area contributed by atoms with Crippen LogP contribution in [0, 0.1) is 6.92 Å². The molecule has 6 heteroatoms. The highest BCUT2D eigenvalue weighted by Crippen LogP contribution is 2.32. The van der Waals surface area contributed by atoms with Crippen LogP contribution in [0.15, 0.2) is 138 Å². The Labute approximate surface area is 248 Å². The topological polar surface area (TPSA) is 75.3 Å².